The van der Waals surface area contributed by atoms with E-state index in [1.54, 1.807) is 0 Å². The van der Waals surface area contributed by atoms with Gasteiger partial charge in [-0.3, -0.25) is 0 Å². The minimum Gasteiger partial charge on any atom is -0.550 e. The van der Waals surface area contributed by atoms with E-state index >= 15 is 0 Å². The molecule has 414 valence electrons. The van der Waals surface area contributed by atoms with Gasteiger partial charge in [0.2, 0.25) is 0 Å². The normalized spacial score (nSPS) is 10.5. The van der Waals surface area contributed by atoms with Crippen molar-refractivity contribution in [2.75, 3.05) is 0 Å². The molecule has 0 aliphatic carbocycles. The minimum atomic E-state index is -1.19. The van der Waals surface area contributed by atoms with Gasteiger partial charge in [0.25, 0.3) is 0 Å². The molecule has 8 nitrogen and oxygen atoms in total. The Bertz CT molecular complexity index is 939. The zero-order chi connectivity index (χ0) is 53.0. The minimum absolute atomic E-state index is 0. The number of carbonyl (C=O) groups excluding carboxylic acids is 4. The molecule has 0 aromatic heterocycles. The van der Waals surface area contributed by atoms with Gasteiger partial charge in [0, 0.05) is 17.9 Å². The van der Waals surface area contributed by atoms with Gasteiger partial charge in [0.05, 0.1) is 5.97 Å². The maximum atomic E-state index is 10.2. The predicted octanol–water partition coefficient (Wildman–Crippen LogP) is 15.1. The van der Waals surface area contributed by atoms with Crippen molar-refractivity contribution in [2.45, 2.75) is 332 Å². The summed E-state index contributed by atoms with van der Waals surface area (Å²) >= 11 is 0. The summed E-state index contributed by atoms with van der Waals surface area (Å²) in [5.74, 6) is -1.31. The van der Waals surface area contributed by atoms with E-state index in [9.17, 15) is 39.6 Å². The maximum absolute atomic E-state index is 10.2. The van der Waals surface area contributed by atoms with E-state index in [0.717, 1.165) is 56.3 Å². The van der Waals surface area contributed by atoms with E-state index in [2.05, 4.69) is 48.1 Å². The predicted molar refractivity (Wildman–Crippen MR) is 289 cm³/mol. The number of aliphatic carboxylic acids is 4. The van der Waals surface area contributed by atoms with Crippen LogP contribution in [0, 0.1) is 24.2 Å². The second-order valence-corrected chi connectivity index (χ2v) is 21.3. The van der Waals surface area contributed by atoms with E-state index in [4.69, 9.17) is 0 Å². The SMILES string of the molecule is C=C(C)C(=O)[O-].CC(C)CCCCCCCCCCCCCCC(=O)[O-].CC(C)CCCCCCCCCCCCCCC(=O)[O-].CC(C)CCCCCCCCCCCCCCC(=O)[O-].C[CH-]C.[Ti+4]. The Hall–Kier alpha value is -1.67. The van der Waals surface area contributed by atoms with Crippen LogP contribution in [-0.2, 0) is 40.9 Å². The average Bonchev–Trinajstić information content (AvgIpc) is 3.27. The molecule has 0 aromatic carbocycles. The van der Waals surface area contributed by atoms with Gasteiger partial charge in [-0.25, -0.2) is 0 Å². The number of hydrogen-bond donors (Lipinski definition) is 0. The molecular formula is C61H117O8Ti-. The zero-order valence-electron chi connectivity index (χ0n) is 48.0. The molecule has 0 N–H and O–H groups in total. The number of carbonyl (C=O) groups is 4. The summed E-state index contributed by atoms with van der Waals surface area (Å²) in [5.41, 5.74) is 0.0648. The first-order valence-electron chi connectivity index (χ1n) is 29.1. The van der Waals surface area contributed by atoms with Crippen LogP contribution in [0.1, 0.15) is 332 Å². The quantitative estimate of drug-likeness (QED) is 0.0252. The third-order valence-corrected chi connectivity index (χ3v) is 12.1. The second-order valence-electron chi connectivity index (χ2n) is 21.3. The van der Waals surface area contributed by atoms with Crippen molar-refractivity contribution in [3.05, 3.63) is 18.6 Å². The summed E-state index contributed by atoms with van der Waals surface area (Å²) < 4.78 is 0. The van der Waals surface area contributed by atoms with Crippen LogP contribution in [0.2, 0.25) is 0 Å². The first-order valence-corrected chi connectivity index (χ1v) is 29.1. The summed E-state index contributed by atoms with van der Waals surface area (Å²) in [6.07, 6.45) is 53.0. The van der Waals surface area contributed by atoms with Crippen LogP contribution in [0.5, 0.6) is 0 Å². The molecule has 0 unspecified atom stereocenters. The smallest absolute Gasteiger partial charge is 0.550 e. The molecule has 70 heavy (non-hydrogen) atoms. The first kappa shape index (κ1) is 79.7. The number of unbranched alkanes of at least 4 members (excludes halogenated alkanes) is 33. The molecule has 0 saturated heterocycles. The number of carboxylic acids is 4. The Labute approximate surface area is 451 Å². The van der Waals surface area contributed by atoms with Crippen molar-refractivity contribution in [3.8, 4) is 0 Å². The van der Waals surface area contributed by atoms with Gasteiger partial charge in [-0.1, -0.05) is 279 Å². The van der Waals surface area contributed by atoms with Crippen molar-refractivity contribution in [1.82, 2.24) is 0 Å². The Kier molecular flexibility index (Phi) is 79.1. The zero-order valence-corrected chi connectivity index (χ0v) is 49.5. The molecule has 0 atom stereocenters. The molecule has 0 fully saturated rings. The third kappa shape index (κ3) is 99.5. The summed E-state index contributed by atoms with van der Waals surface area (Å²) in [5, 5.41) is 40.2. The van der Waals surface area contributed by atoms with E-state index in [0.29, 0.717) is 0 Å². The fourth-order valence-electron chi connectivity index (χ4n) is 7.77. The first-order chi connectivity index (χ1) is 32.9. The standard InChI is InChI=1S/3C18H36O2.C4H6O2.C3H7.Ti/c3*1-17(2)15-13-11-9-7-5-3-4-6-8-10-12-14-16-18(19)20;1-3(2)4(5)6;1-3-2;/h3*17H,3-16H2,1-2H3,(H,19,20);1H2,2H3,(H,5,6);3H,1-2H3;/q;;;;-1;+4/p-4. The monoisotopic (exact) mass is 1030 g/mol. The fourth-order valence-corrected chi connectivity index (χ4v) is 7.77. The Morgan fingerprint density at radius 2 is 0.443 bits per heavy atom. The third-order valence-electron chi connectivity index (χ3n) is 12.1. The van der Waals surface area contributed by atoms with E-state index in [1.807, 2.05) is 20.3 Å². The van der Waals surface area contributed by atoms with E-state index in [-0.39, 0.29) is 46.6 Å². The molecule has 0 amide bonds. The molecule has 0 aliphatic heterocycles. The van der Waals surface area contributed by atoms with Gasteiger partial charge in [0.15, 0.2) is 0 Å². The van der Waals surface area contributed by atoms with Crippen LogP contribution in [0.3, 0.4) is 0 Å². The molecule has 0 aliphatic rings. The van der Waals surface area contributed by atoms with E-state index in [1.165, 1.54) is 219 Å². The topological polar surface area (TPSA) is 161 Å². The molecule has 0 aromatic rings. The fraction of sp³-hybridized carbons (Fsp3) is 0.885. The number of hydrogen-bond acceptors (Lipinski definition) is 8. The van der Waals surface area contributed by atoms with Gasteiger partial charge in [0.1, 0.15) is 0 Å². The van der Waals surface area contributed by atoms with Crippen molar-refractivity contribution >= 4 is 23.9 Å². The average molecular weight is 1030 g/mol. The van der Waals surface area contributed by atoms with Gasteiger partial charge in [-0.15, -0.1) is 0 Å². The van der Waals surface area contributed by atoms with Crippen LogP contribution >= 0.6 is 0 Å². The number of rotatable bonds is 46. The maximum Gasteiger partial charge on any atom is 4.00 e. The summed E-state index contributed by atoms with van der Waals surface area (Å²) in [4.78, 5) is 40.2. The van der Waals surface area contributed by atoms with Crippen molar-refractivity contribution in [3.63, 3.8) is 0 Å². The summed E-state index contributed by atoms with van der Waals surface area (Å²) in [6.45, 7) is 22.3. The van der Waals surface area contributed by atoms with E-state index < -0.39 is 23.9 Å². The van der Waals surface area contributed by atoms with Crippen LogP contribution in [0.25, 0.3) is 0 Å². The largest absolute Gasteiger partial charge is 4.00 e. The molecule has 0 rings (SSSR count). The van der Waals surface area contributed by atoms with Crippen LogP contribution in [0.4, 0.5) is 0 Å². The second kappa shape index (κ2) is 69.4. The molecule has 0 radical (unpaired) electrons. The van der Waals surface area contributed by atoms with Gasteiger partial charge >= 0.3 is 21.7 Å². The van der Waals surface area contributed by atoms with Crippen molar-refractivity contribution < 1.29 is 61.3 Å². The summed E-state index contributed by atoms with van der Waals surface area (Å²) in [7, 11) is 0. The van der Waals surface area contributed by atoms with Gasteiger partial charge in [-0.05, 0) is 68.8 Å². The molecule has 0 bridgehead atoms. The summed E-state index contributed by atoms with van der Waals surface area (Å²) in [6, 6.07) is 0. The van der Waals surface area contributed by atoms with Crippen LogP contribution in [-0.4, -0.2) is 23.9 Å². The Morgan fingerprint density at radius 1 is 0.329 bits per heavy atom. The van der Waals surface area contributed by atoms with Crippen molar-refractivity contribution in [1.29, 1.82) is 0 Å². The molecule has 0 spiro atoms. The van der Waals surface area contributed by atoms with Crippen molar-refractivity contribution in [2.24, 2.45) is 17.8 Å². The molecule has 0 saturated carbocycles. The van der Waals surface area contributed by atoms with Gasteiger partial charge < -0.3 is 46.0 Å². The Balaban J connectivity index is -0.000000200. The Morgan fingerprint density at radius 3 is 0.543 bits per heavy atom. The number of carboxylic acid groups (broad SMARTS) is 4. The van der Waals surface area contributed by atoms with Crippen LogP contribution in [0.15, 0.2) is 12.2 Å². The molecule has 0 heterocycles. The van der Waals surface area contributed by atoms with Gasteiger partial charge in [-0.2, -0.15) is 13.8 Å². The van der Waals surface area contributed by atoms with Crippen LogP contribution < -0.4 is 20.4 Å². The molecular weight excluding hydrogens is 909 g/mol. The molecule has 9 heteroatoms.